The minimum absolute atomic E-state index is 0.389. The number of nitriles is 1. The lowest BCUT2D eigenvalue weighted by Crippen LogP contribution is -2.52. The molecule has 1 fully saturated rings. The summed E-state index contributed by atoms with van der Waals surface area (Å²) < 4.78 is 44.8. The second-order valence-electron chi connectivity index (χ2n) is 7.27. The summed E-state index contributed by atoms with van der Waals surface area (Å²) in [5, 5.41) is 11.8. The van der Waals surface area contributed by atoms with Crippen LogP contribution in [-0.4, -0.2) is 24.7 Å². The Morgan fingerprint density at radius 3 is 2.76 bits per heavy atom. The molecule has 5 nitrogen and oxygen atoms in total. The van der Waals surface area contributed by atoms with E-state index in [4.69, 9.17) is 4.74 Å². The molecule has 4 rings (SSSR count). The molecule has 29 heavy (non-hydrogen) atoms. The van der Waals surface area contributed by atoms with Crippen molar-refractivity contribution in [3.05, 3.63) is 53.1 Å². The van der Waals surface area contributed by atoms with E-state index in [-0.39, 0.29) is 0 Å². The summed E-state index contributed by atoms with van der Waals surface area (Å²) in [6.45, 7) is 2.38. The van der Waals surface area contributed by atoms with Crippen LogP contribution in [0.1, 0.15) is 35.6 Å². The SMILES string of the molecule is Cc1cc(C#N)c2c(c1)Oc1ccccc1[C@@H]1[C@@H](NC(=O)C(F)(F)F)CCCN21. The molecule has 1 amide bonds. The van der Waals surface area contributed by atoms with Crippen LogP contribution in [0.4, 0.5) is 18.9 Å². The van der Waals surface area contributed by atoms with Gasteiger partial charge in [-0.2, -0.15) is 18.4 Å². The molecule has 8 heteroatoms. The van der Waals surface area contributed by atoms with E-state index < -0.39 is 24.2 Å². The summed E-state index contributed by atoms with van der Waals surface area (Å²) in [5.74, 6) is -0.972. The number of alkyl halides is 3. The largest absolute Gasteiger partial charge is 0.471 e. The third kappa shape index (κ3) is 3.37. The van der Waals surface area contributed by atoms with Gasteiger partial charge in [-0.05, 0) is 43.5 Å². The molecule has 1 saturated heterocycles. The molecule has 0 radical (unpaired) electrons. The zero-order valence-electron chi connectivity index (χ0n) is 15.6. The minimum Gasteiger partial charge on any atom is -0.455 e. The van der Waals surface area contributed by atoms with Gasteiger partial charge in [-0.25, -0.2) is 0 Å². The maximum absolute atomic E-state index is 12.9. The molecule has 2 aliphatic rings. The Morgan fingerprint density at radius 2 is 2.03 bits per heavy atom. The summed E-state index contributed by atoms with van der Waals surface area (Å²) in [4.78, 5) is 13.6. The summed E-state index contributed by atoms with van der Waals surface area (Å²) in [6.07, 6.45) is -4.00. The number of carbonyl (C=O) groups is 1. The molecule has 2 heterocycles. The normalized spacial score (nSPS) is 20.3. The van der Waals surface area contributed by atoms with Crippen LogP contribution < -0.4 is 15.0 Å². The number of benzene rings is 2. The zero-order valence-corrected chi connectivity index (χ0v) is 15.6. The number of anilines is 1. The van der Waals surface area contributed by atoms with Crippen molar-refractivity contribution in [1.29, 1.82) is 5.26 Å². The number of nitrogens with zero attached hydrogens (tertiary/aromatic N) is 2. The van der Waals surface area contributed by atoms with E-state index in [9.17, 15) is 23.2 Å². The first-order valence-corrected chi connectivity index (χ1v) is 9.25. The number of para-hydroxylation sites is 1. The second-order valence-corrected chi connectivity index (χ2v) is 7.27. The number of hydrogen-bond donors (Lipinski definition) is 1. The molecule has 1 N–H and O–H groups in total. The molecule has 0 bridgehead atoms. The standard InChI is InChI=1S/C21H18F3N3O2/c1-12-9-13(11-25)18-17(10-12)29-16-7-3-2-5-14(16)19-15(6-4-8-27(18)19)26-20(28)21(22,23)24/h2-3,5,7,9-10,15,19H,4,6,8H2,1H3,(H,26,28)/t15-,19+/m0/s1. The zero-order chi connectivity index (χ0) is 20.8. The van der Waals surface area contributed by atoms with Gasteiger partial charge in [-0.3, -0.25) is 4.79 Å². The fraction of sp³-hybridized carbons (Fsp3) is 0.333. The van der Waals surface area contributed by atoms with Crippen molar-refractivity contribution in [2.24, 2.45) is 0 Å². The lowest BCUT2D eigenvalue weighted by molar-refractivity contribution is -0.174. The van der Waals surface area contributed by atoms with Gasteiger partial charge in [-0.15, -0.1) is 0 Å². The van der Waals surface area contributed by atoms with E-state index in [0.29, 0.717) is 47.7 Å². The number of ether oxygens (including phenoxy) is 1. The van der Waals surface area contributed by atoms with Gasteiger partial charge >= 0.3 is 12.1 Å². The second kappa shape index (κ2) is 6.99. The van der Waals surface area contributed by atoms with E-state index in [1.807, 2.05) is 17.9 Å². The van der Waals surface area contributed by atoms with Gasteiger partial charge in [0.2, 0.25) is 0 Å². The van der Waals surface area contributed by atoms with Gasteiger partial charge in [0, 0.05) is 12.1 Å². The van der Waals surface area contributed by atoms with Crippen LogP contribution in [0.3, 0.4) is 0 Å². The average Bonchev–Trinajstić information content (AvgIpc) is 2.81. The van der Waals surface area contributed by atoms with Crippen LogP contribution in [-0.2, 0) is 4.79 Å². The lowest BCUT2D eigenvalue weighted by Gasteiger charge is -2.42. The van der Waals surface area contributed by atoms with E-state index in [0.717, 1.165) is 5.56 Å². The van der Waals surface area contributed by atoms with Gasteiger partial charge in [0.05, 0.1) is 23.3 Å². The molecule has 2 atom stereocenters. The summed E-state index contributed by atoms with van der Waals surface area (Å²) in [7, 11) is 0. The van der Waals surface area contributed by atoms with Crippen molar-refractivity contribution in [2.45, 2.75) is 38.0 Å². The monoisotopic (exact) mass is 401 g/mol. The smallest absolute Gasteiger partial charge is 0.455 e. The van der Waals surface area contributed by atoms with Crippen molar-refractivity contribution in [3.63, 3.8) is 0 Å². The molecular weight excluding hydrogens is 383 g/mol. The van der Waals surface area contributed by atoms with Crippen LogP contribution in [0.2, 0.25) is 0 Å². The quantitative estimate of drug-likeness (QED) is 0.771. The summed E-state index contributed by atoms with van der Waals surface area (Å²) >= 11 is 0. The van der Waals surface area contributed by atoms with Crippen molar-refractivity contribution in [3.8, 4) is 17.6 Å². The fourth-order valence-electron chi connectivity index (χ4n) is 4.17. The highest BCUT2D eigenvalue weighted by Gasteiger charge is 2.44. The molecule has 0 aromatic heterocycles. The third-order valence-corrected chi connectivity index (χ3v) is 5.29. The molecule has 150 valence electrons. The molecule has 2 aliphatic heterocycles. The highest BCUT2D eigenvalue weighted by Crippen LogP contribution is 2.49. The van der Waals surface area contributed by atoms with Crippen LogP contribution in [0.15, 0.2) is 36.4 Å². The summed E-state index contributed by atoms with van der Waals surface area (Å²) in [6, 6.07) is 11.5. The maximum Gasteiger partial charge on any atom is 0.471 e. The topological polar surface area (TPSA) is 65.4 Å². The third-order valence-electron chi connectivity index (χ3n) is 5.29. The number of hydrogen-bond acceptors (Lipinski definition) is 4. The maximum atomic E-state index is 12.9. The number of fused-ring (bicyclic) bond motifs is 5. The van der Waals surface area contributed by atoms with Gasteiger partial charge in [0.25, 0.3) is 0 Å². The molecule has 2 aromatic rings. The highest BCUT2D eigenvalue weighted by molar-refractivity contribution is 5.82. The Bertz CT molecular complexity index is 1010. The van der Waals surface area contributed by atoms with Gasteiger partial charge in [-0.1, -0.05) is 18.2 Å². The Balaban J connectivity index is 1.87. The number of halogens is 3. The molecule has 0 unspecified atom stereocenters. The van der Waals surface area contributed by atoms with Gasteiger partial charge < -0.3 is 15.0 Å². The lowest BCUT2D eigenvalue weighted by atomic mass is 9.89. The summed E-state index contributed by atoms with van der Waals surface area (Å²) in [5.41, 5.74) is 2.46. The average molecular weight is 401 g/mol. The first-order valence-electron chi connectivity index (χ1n) is 9.25. The van der Waals surface area contributed by atoms with Crippen molar-refractivity contribution < 1.29 is 22.7 Å². The van der Waals surface area contributed by atoms with Gasteiger partial charge in [0.15, 0.2) is 5.75 Å². The molecule has 0 saturated carbocycles. The fourth-order valence-corrected chi connectivity index (χ4v) is 4.17. The van der Waals surface area contributed by atoms with E-state index in [2.05, 4.69) is 11.4 Å². The molecular formula is C21H18F3N3O2. The molecule has 0 spiro atoms. The van der Waals surface area contributed by atoms with Crippen LogP contribution >= 0.6 is 0 Å². The van der Waals surface area contributed by atoms with E-state index >= 15 is 0 Å². The van der Waals surface area contributed by atoms with Crippen molar-refractivity contribution in [2.75, 3.05) is 11.4 Å². The predicted molar refractivity (Wildman–Crippen MR) is 99.7 cm³/mol. The number of piperidine rings is 1. The number of aryl methyl sites for hydroxylation is 1. The van der Waals surface area contributed by atoms with Crippen LogP contribution in [0.5, 0.6) is 11.5 Å². The van der Waals surface area contributed by atoms with Crippen molar-refractivity contribution >= 4 is 11.6 Å². The molecule has 2 aromatic carbocycles. The first kappa shape index (κ1) is 19.1. The van der Waals surface area contributed by atoms with Crippen LogP contribution in [0.25, 0.3) is 0 Å². The minimum atomic E-state index is -4.96. The Labute approximate surface area is 165 Å². The van der Waals surface area contributed by atoms with E-state index in [1.54, 1.807) is 30.3 Å². The Kier molecular flexibility index (Phi) is 4.61. The Hall–Kier alpha value is -3.21. The van der Waals surface area contributed by atoms with Gasteiger partial charge in [0.1, 0.15) is 11.8 Å². The molecule has 0 aliphatic carbocycles. The number of carbonyl (C=O) groups excluding carboxylic acids is 1. The van der Waals surface area contributed by atoms with Crippen molar-refractivity contribution in [1.82, 2.24) is 5.32 Å². The van der Waals surface area contributed by atoms with E-state index in [1.165, 1.54) is 0 Å². The number of rotatable bonds is 1. The Morgan fingerprint density at radius 1 is 1.28 bits per heavy atom. The van der Waals surface area contributed by atoms with Crippen LogP contribution in [0, 0.1) is 18.3 Å². The number of amides is 1. The number of nitrogens with one attached hydrogen (secondary N) is 1. The predicted octanol–water partition coefficient (Wildman–Crippen LogP) is 4.36. The highest BCUT2D eigenvalue weighted by atomic mass is 19.4. The first-order chi connectivity index (χ1) is 13.8.